The van der Waals surface area contributed by atoms with Crippen molar-refractivity contribution >= 4 is 21.8 Å². The minimum atomic E-state index is -0.425. The van der Waals surface area contributed by atoms with E-state index in [2.05, 4.69) is 33.4 Å². The molecule has 3 N–H and O–H groups in total. The van der Waals surface area contributed by atoms with E-state index >= 15 is 0 Å². The molecule has 1 unspecified atom stereocenters. The Morgan fingerprint density at radius 3 is 2.55 bits per heavy atom. The predicted octanol–water partition coefficient (Wildman–Crippen LogP) is 3.26. The van der Waals surface area contributed by atoms with E-state index < -0.39 is 5.41 Å². The molecule has 0 saturated heterocycles. The highest BCUT2D eigenvalue weighted by atomic mass is 79.9. The molecular formula is C16H25BrN2O. The highest BCUT2D eigenvalue weighted by Gasteiger charge is 2.33. The number of carbonyl (C=O) groups is 1. The van der Waals surface area contributed by atoms with Gasteiger partial charge in [-0.3, -0.25) is 4.79 Å². The molecule has 1 atom stereocenters. The lowest BCUT2D eigenvalue weighted by Gasteiger charge is -2.30. The molecule has 4 heteroatoms. The maximum Gasteiger partial charge on any atom is 0.227 e. The summed E-state index contributed by atoms with van der Waals surface area (Å²) >= 11 is 3.46. The third kappa shape index (κ3) is 4.32. The zero-order chi connectivity index (χ0) is 15.2. The van der Waals surface area contributed by atoms with E-state index in [0.717, 1.165) is 23.7 Å². The van der Waals surface area contributed by atoms with Gasteiger partial charge in [0, 0.05) is 17.1 Å². The largest absolute Gasteiger partial charge is 0.353 e. The number of benzene rings is 1. The summed E-state index contributed by atoms with van der Waals surface area (Å²) in [6, 6.07) is 8.26. The second-order valence-electron chi connectivity index (χ2n) is 5.40. The second kappa shape index (κ2) is 7.79. The number of hydrogen-bond acceptors (Lipinski definition) is 2. The molecule has 1 amide bonds. The summed E-state index contributed by atoms with van der Waals surface area (Å²) in [7, 11) is 0. The number of carbonyl (C=O) groups excluding carboxylic acids is 1. The van der Waals surface area contributed by atoms with Crippen LogP contribution in [0.15, 0.2) is 28.7 Å². The zero-order valence-electron chi connectivity index (χ0n) is 12.6. The van der Waals surface area contributed by atoms with Crippen molar-refractivity contribution in [2.24, 2.45) is 11.1 Å². The molecule has 0 bridgehead atoms. The molecule has 1 rings (SSSR count). The van der Waals surface area contributed by atoms with Crippen LogP contribution in [0.5, 0.6) is 0 Å². The van der Waals surface area contributed by atoms with Crippen molar-refractivity contribution < 1.29 is 4.79 Å². The van der Waals surface area contributed by atoms with Crippen LogP contribution in [-0.2, 0) is 11.2 Å². The average molecular weight is 341 g/mol. The van der Waals surface area contributed by atoms with E-state index in [1.807, 2.05) is 32.9 Å². The van der Waals surface area contributed by atoms with Gasteiger partial charge in [0.05, 0.1) is 5.41 Å². The summed E-state index contributed by atoms with van der Waals surface area (Å²) in [5.74, 6) is 0.0764. The molecule has 0 spiro atoms. The number of hydrogen-bond donors (Lipinski definition) is 2. The minimum Gasteiger partial charge on any atom is -0.353 e. The molecule has 0 radical (unpaired) electrons. The molecule has 1 aromatic carbocycles. The molecule has 0 saturated carbocycles. The Morgan fingerprint density at radius 2 is 2.05 bits per heavy atom. The van der Waals surface area contributed by atoms with Gasteiger partial charge in [0.15, 0.2) is 0 Å². The molecule has 20 heavy (non-hydrogen) atoms. The molecule has 0 aliphatic carbocycles. The van der Waals surface area contributed by atoms with Crippen molar-refractivity contribution in [1.82, 2.24) is 5.32 Å². The smallest absolute Gasteiger partial charge is 0.227 e. The Balaban J connectivity index is 2.66. The first-order chi connectivity index (χ1) is 9.47. The topological polar surface area (TPSA) is 55.1 Å². The van der Waals surface area contributed by atoms with Crippen LogP contribution in [0.3, 0.4) is 0 Å². The lowest BCUT2D eigenvalue weighted by molar-refractivity contribution is -0.131. The monoisotopic (exact) mass is 340 g/mol. The van der Waals surface area contributed by atoms with Crippen LogP contribution in [0.2, 0.25) is 0 Å². The van der Waals surface area contributed by atoms with Gasteiger partial charge in [-0.15, -0.1) is 0 Å². The van der Waals surface area contributed by atoms with Crippen molar-refractivity contribution in [3.8, 4) is 0 Å². The van der Waals surface area contributed by atoms with Crippen molar-refractivity contribution in [1.29, 1.82) is 0 Å². The molecule has 0 aliphatic heterocycles. The summed E-state index contributed by atoms with van der Waals surface area (Å²) in [5.41, 5.74) is 6.59. The Bertz CT molecular complexity index is 436. The van der Waals surface area contributed by atoms with Crippen molar-refractivity contribution in [2.75, 3.05) is 6.54 Å². The standard InChI is InChI=1S/C16H25BrN2O/c1-4-16(5-2,11-18)15(20)19-12(3)9-13-7-6-8-14(17)10-13/h6-8,10,12H,4-5,9,11,18H2,1-3H3,(H,19,20). The van der Waals surface area contributed by atoms with Gasteiger partial charge in [0.1, 0.15) is 0 Å². The average Bonchev–Trinajstić information content (AvgIpc) is 2.41. The third-order valence-corrected chi connectivity index (χ3v) is 4.53. The number of rotatable bonds is 7. The minimum absolute atomic E-state index is 0.0764. The summed E-state index contributed by atoms with van der Waals surface area (Å²) in [6.45, 7) is 6.48. The number of nitrogens with two attached hydrogens (primary N) is 1. The molecule has 3 nitrogen and oxygen atoms in total. The lowest BCUT2D eigenvalue weighted by Crippen LogP contribution is -2.48. The van der Waals surface area contributed by atoms with Gasteiger partial charge in [-0.05, 0) is 43.9 Å². The molecule has 112 valence electrons. The van der Waals surface area contributed by atoms with Gasteiger partial charge in [0.2, 0.25) is 5.91 Å². The normalized spacial score (nSPS) is 13.1. The van der Waals surface area contributed by atoms with E-state index in [9.17, 15) is 4.79 Å². The van der Waals surface area contributed by atoms with Crippen molar-refractivity contribution in [3.63, 3.8) is 0 Å². The van der Waals surface area contributed by atoms with Gasteiger partial charge < -0.3 is 11.1 Å². The maximum absolute atomic E-state index is 12.4. The van der Waals surface area contributed by atoms with Crippen molar-refractivity contribution in [2.45, 2.75) is 46.1 Å². The highest BCUT2D eigenvalue weighted by molar-refractivity contribution is 9.10. The molecule has 0 fully saturated rings. The molecule has 1 aromatic rings. The Hall–Kier alpha value is -0.870. The second-order valence-corrected chi connectivity index (χ2v) is 6.32. The van der Waals surface area contributed by atoms with E-state index in [-0.39, 0.29) is 11.9 Å². The highest BCUT2D eigenvalue weighted by Crippen LogP contribution is 2.25. The fraction of sp³-hybridized carbons (Fsp3) is 0.562. The number of nitrogens with one attached hydrogen (secondary N) is 1. The van der Waals surface area contributed by atoms with Crippen LogP contribution in [0, 0.1) is 5.41 Å². The van der Waals surface area contributed by atoms with E-state index in [4.69, 9.17) is 5.73 Å². The third-order valence-electron chi connectivity index (χ3n) is 4.03. The van der Waals surface area contributed by atoms with Crippen LogP contribution < -0.4 is 11.1 Å². The molecule has 0 heterocycles. The fourth-order valence-electron chi connectivity index (χ4n) is 2.40. The summed E-state index contributed by atoms with van der Waals surface area (Å²) < 4.78 is 1.06. The van der Waals surface area contributed by atoms with Crippen LogP contribution in [0.1, 0.15) is 39.2 Å². The first-order valence-corrected chi connectivity index (χ1v) is 8.02. The predicted molar refractivity (Wildman–Crippen MR) is 87.5 cm³/mol. The van der Waals surface area contributed by atoms with Crippen LogP contribution in [-0.4, -0.2) is 18.5 Å². The van der Waals surface area contributed by atoms with Gasteiger partial charge in [0.25, 0.3) is 0 Å². The van der Waals surface area contributed by atoms with Gasteiger partial charge in [-0.2, -0.15) is 0 Å². The van der Waals surface area contributed by atoms with Gasteiger partial charge in [-0.25, -0.2) is 0 Å². The Labute approximate surface area is 130 Å². The molecular weight excluding hydrogens is 316 g/mol. The number of halogens is 1. The van der Waals surface area contributed by atoms with Crippen LogP contribution in [0.25, 0.3) is 0 Å². The first-order valence-electron chi connectivity index (χ1n) is 7.23. The Morgan fingerprint density at radius 1 is 1.40 bits per heavy atom. The maximum atomic E-state index is 12.4. The molecule has 0 aromatic heterocycles. The first kappa shape index (κ1) is 17.2. The van der Waals surface area contributed by atoms with Crippen molar-refractivity contribution in [3.05, 3.63) is 34.3 Å². The molecule has 0 aliphatic rings. The van der Waals surface area contributed by atoms with E-state index in [1.165, 1.54) is 5.56 Å². The van der Waals surface area contributed by atoms with Crippen LogP contribution >= 0.6 is 15.9 Å². The summed E-state index contributed by atoms with van der Waals surface area (Å²) in [4.78, 5) is 12.4. The van der Waals surface area contributed by atoms with Gasteiger partial charge >= 0.3 is 0 Å². The fourth-order valence-corrected chi connectivity index (χ4v) is 2.84. The van der Waals surface area contributed by atoms with E-state index in [1.54, 1.807) is 0 Å². The quantitative estimate of drug-likeness (QED) is 0.800. The zero-order valence-corrected chi connectivity index (χ0v) is 14.2. The number of amides is 1. The lowest BCUT2D eigenvalue weighted by atomic mass is 9.81. The van der Waals surface area contributed by atoms with E-state index in [0.29, 0.717) is 6.54 Å². The SMILES string of the molecule is CCC(CC)(CN)C(=O)NC(C)Cc1cccc(Br)c1. The van der Waals surface area contributed by atoms with Crippen LogP contribution in [0.4, 0.5) is 0 Å². The summed E-state index contributed by atoms with van der Waals surface area (Å²) in [6.07, 6.45) is 2.37. The van der Waals surface area contributed by atoms with Gasteiger partial charge in [-0.1, -0.05) is 41.9 Å². The summed E-state index contributed by atoms with van der Waals surface area (Å²) in [5, 5.41) is 3.11. The Kier molecular flexibility index (Phi) is 6.69.